The molecule has 0 aliphatic heterocycles. The molecule has 0 atom stereocenters. The molecule has 3 N–H and O–H groups in total. The van der Waals surface area contributed by atoms with Crippen molar-refractivity contribution >= 4 is 22.9 Å². The maximum atomic E-state index is 11.8. The Morgan fingerprint density at radius 2 is 1.92 bits per heavy atom. The normalized spacial score (nSPS) is 10.7. The highest BCUT2D eigenvalue weighted by Crippen LogP contribution is 2.10. The van der Waals surface area contributed by atoms with Crippen LogP contribution in [-0.2, 0) is 11.2 Å². The number of anilines is 1. The number of carbonyl (C=O) groups excluding carboxylic acids is 1. The van der Waals surface area contributed by atoms with Crippen LogP contribution in [0.1, 0.15) is 18.7 Å². The van der Waals surface area contributed by atoms with E-state index < -0.39 is 0 Å². The van der Waals surface area contributed by atoms with Crippen LogP contribution in [0.15, 0.2) is 42.7 Å². The van der Waals surface area contributed by atoms with Crippen molar-refractivity contribution in [2.45, 2.75) is 19.3 Å². The van der Waals surface area contributed by atoms with Gasteiger partial charge in [-0.3, -0.25) is 4.79 Å². The predicted molar refractivity (Wildman–Crippen MR) is 92.6 cm³/mol. The van der Waals surface area contributed by atoms with Gasteiger partial charge < -0.3 is 15.6 Å². The number of amides is 1. The minimum atomic E-state index is 0.0434. The molecule has 1 aromatic carbocycles. The van der Waals surface area contributed by atoms with Gasteiger partial charge in [0.25, 0.3) is 0 Å². The average Bonchev–Trinajstić information content (AvgIpc) is 3.02. The topological polar surface area (TPSA) is 95.6 Å². The van der Waals surface area contributed by atoms with Gasteiger partial charge in [-0.15, -0.1) is 0 Å². The molecule has 0 saturated carbocycles. The Balaban J connectivity index is 1.32. The first-order chi connectivity index (χ1) is 11.8. The Hall–Kier alpha value is -2.96. The molecule has 3 rings (SSSR count). The molecule has 0 aliphatic carbocycles. The Bertz CT molecular complexity index is 753. The molecule has 0 spiro atoms. The quantitative estimate of drug-likeness (QED) is 0.550. The summed E-state index contributed by atoms with van der Waals surface area (Å²) >= 11 is 0. The highest BCUT2D eigenvalue weighted by molar-refractivity contribution is 5.76. The van der Waals surface area contributed by atoms with Gasteiger partial charge in [0.2, 0.25) is 11.9 Å². The zero-order valence-electron chi connectivity index (χ0n) is 13.3. The molecule has 2 heterocycles. The number of hydrogen-bond acceptors (Lipinski definition) is 5. The lowest BCUT2D eigenvalue weighted by Crippen LogP contribution is -2.26. The summed E-state index contributed by atoms with van der Waals surface area (Å²) in [7, 11) is 0. The molecular formula is C17H20N6O. The van der Waals surface area contributed by atoms with Gasteiger partial charge in [-0.25, -0.2) is 15.0 Å². The Labute approximate surface area is 139 Å². The molecule has 24 heavy (non-hydrogen) atoms. The highest BCUT2D eigenvalue weighted by Gasteiger charge is 2.04. The fourth-order valence-corrected chi connectivity index (χ4v) is 2.37. The standard InChI is InChI=1S/C17H20N6O/c24-16(7-3-9-19-17-20-10-4-11-21-17)18-12-8-15-22-13-5-1-2-6-14(13)23-15/h1-2,4-6,10-11H,3,7-9,12H2,(H,18,24)(H,22,23)(H,19,20,21). The lowest BCUT2D eigenvalue weighted by atomic mass is 10.3. The predicted octanol–water partition coefficient (Wildman–Crippen LogP) is 1.90. The van der Waals surface area contributed by atoms with E-state index in [1.807, 2.05) is 24.3 Å². The molecule has 0 unspecified atom stereocenters. The van der Waals surface area contributed by atoms with Gasteiger partial charge in [0, 0.05) is 38.3 Å². The number of nitrogens with zero attached hydrogens (tertiary/aromatic N) is 3. The second-order valence-electron chi connectivity index (χ2n) is 5.40. The Morgan fingerprint density at radius 1 is 1.08 bits per heavy atom. The van der Waals surface area contributed by atoms with Gasteiger partial charge in [0.1, 0.15) is 5.82 Å². The number of aromatic amines is 1. The van der Waals surface area contributed by atoms with Crippen molar-refractivity contribution in [1.82, 2.24) is 25.3 Å². The number of carbonyl (C=O) groups is 1. The van der Waals surface area contributed by atoms with E-state index in [1.165, 1.54) is 0 Å². The first-order valence-corrected chi connectivity index (χ1v) is 8.02. The van der Waals surface area contributed by atoms with Crippen LogP contribution >= 0.6 is 0 Å². The molecule has 2 aromatic heterocycles. The van der Waals surface area contributed by atoms with E-state index in [0.717, 1.165) is 23.3 Å². The molecule has 1 amide bonds. The monoisotopic (exact) mass is 324 g/mol. The number of aromatic nitrogens is 4. The zero-order valence-corrected chi connectivity index (χ0v) is 13.3. The van der Waals surface area contributed by atoms with Crippen LogP contribution in [0, 0.1) is 0 Å². The van der Waals surface area contributed by atoms with Gasteiger partial charge in [-0.1, -0.05) is 12.1 Å². The number of para-hydroxylation sites is 2. The number of nitrogens with one attached hydrogen (secondary N) is 3. The van der Waals surface area contributed by atoms with Crippen LogP contribution in [-0.4, -0.2) is 38.9 Å². The molecule has 0 bridgehead atoms. The van der Waals surface area contributed by atoms with Gasteiger partial charge in [-0.05, 0) is 24.6 Å². The van der Waals surface area contributed by atoms with Crippen LogP contribution in [0.4, 0.5) is 5.95 Å². The molecule has 7 nitrogen and oxygen atoms in total. The molecule has 0 fully saturated rings. The van der Waals surface area contributed by atoms with Crippen molar-refractivity contribution in [1.29, 1.82) is 0 Å². The van der Waals surface area contributed by atoms with Gasteiger partial charge in [0.05, 0.1) is 11.0 Å². The van der Waals surface area contributed by atoms with E-state index in [4.69, 9.17) is 0 Å². The molecule has 7 heteroatoms. The van der Waals surface area contributed by atoms with Gasteiger partial charge in [-0.2, -0.15) is 0 Å². The van der Waals surface area contributed by atoms with Gasteiger partial charge in [0.15, 0.2) is 0 Å². The summed E-state index contributed by atoms with van der Waals surface area (Å²) in [6, 6.07) is 9.66. The fraction of sp³-hybridized carbons (Fsp3) is 0.294. The number of fused-ring (bicyclic) bond motifs is 1. The largest absolute Gasteiger partial charge is 0.356 e. The average molecular weight is 324 g/mol. The molecular weight excluding hydrogens is 304 g/mol. The maximum Gasteiger partial charge on any atom is 0.222 e. The molecule has 0 aliphatic rings. The number of hydrogen-bond donors (Lipinski definition) is 3. The molecule has 0 saturated heterocycles. The number of H-pyrrole nitrogens is 1. The van der Waals surface area contributed by atoms with E-state index in [2.05, 4.69) is 30.6 Å². The Kier molecular flexibility index (Phi) is 5.34. The number of benzene rings is 1. The van der Waals surface area contributed by atoms with Crippen molar-refractivity contribution in [3.05, 3.63) is 48.5 Å². The minimum Gasteiger partial charge on any atom is -0.356 e. The van der Waals surface area contributed by atoms with Crippen LogP contribution in [0.3, 0.4) is 0 Å². The summed E-state index contributed by atoms with van der Waals surface area (Å²) in [5.74, 6) is 1.52. The van der Waals surface area contributed by atoms with Crippen molar-refractivity contribution in [2.24, 2.45) is 0 Å². The summed E-state index contributed by atoms with van der Waals surface area (Å²) in [4.78, 5) is 27.7. The lowest BCUT2D eigenvalue weighted by Gasteiger charge is -2.05. The van der Waals surface area contributed by atoms with E-state index in [9.17, 15) is 4.79 Å². The highest BCUT2D eigenvalue weighted by atomic mass is 16.1. The first kappa shape index (κ1) is 15.9. The lowest BCUT2D eigenvalue weighted by molar-refractivity contribution is -0.121. The van der Waals surface area contributed by atoms with E-state index in [1.54, 1.807) is 18.5 Å². The van der Waals surface area contributed by atoms with Crippen LogP contribution < -0.4 is 10.6 Å². The summed E-state index contributed by atoms with van der Waals surface area (Å²) in [5, 5.41) is 6.00. The SMILES string of the molecule is O=C(CCCNc1ncccn1)NCCc1nc2ccccc2[nH]1. The second kappa shape index (κ2) is 8.05. The first-order valence-electron chi connectivity index (χ1n) is 8.02. The summed E-state index contributed by atoms with van der Waals surface area (Å²) < 4.78 is 0. The fourth-order valence-electron chi connectivity index (χ4n) is 2.37. The number of imidazole rings is 1. The smallest absolute Gasteiger partial charge is 0.222 e. The third kappa shape index (κ3) is 4.52. The van der Waals surface area contributed by atoms with Crippen LogP contribution in [0.2, 0.25) is 0 Å². The molecule has 0 radical (unpaired) electrons. The van der Waals surface area contributed by atoms with Crippen molar-refractivity contribution < 1.29 is 4.79 Å². The third-order valence-corrected chi connectivity index (χ3v) is 3.55. The number of rotatable bonds is 8. The Morgan fingerprint density at radius 3 is 2.75 bits per heavy atom. The van der Waals surface area contributed by atoms with Gasteiger partial charge >= 0.3 is 0 Å². The minimum absolute atomic E-state index is 0.0434. The molecule has 124 valence electrons. The van der Waals surface area contributed by atoms with Crippen molar-refractivity contribution in [2.75, 3.05) is 18.4 Å². The summed E-state index contributed by atoms with van der Waals surface area (Å²) in [6.07, 6.45) is 5.26. The maximum absolute atomic E-state index is 11.8. The van der Waals surface area contributed by atoms with Crippen LogP contribution in [0.25, 0.3) is 11.0 Å². The van der Waals surface area contributed by atoms with Crippen molar-refractivity contribution in [3.63, 3.8) is 0 Å². The van der Waals surface area contributed by atoms with Crippen LogP contribution in [0.5, 0.6) is 0 Å². The summed E-state index contributed by atoms with van der Waals surface area (Å²) in [5.41, 5.74) is 1.97. The van der Waals surface area contributed by atoms with E-state index in [-0.39, 0.29) is 5.91 Å². The summed E-state index contributed by atoms with van der Waals surface area (Å²) in [6.45, 7) is 1.24. The van der Waals surface area contributed by atoms with E-state index >= 15 is 0 Å². The van der Waals surface area contributed by atoms with E-state index in [0.29, 0.717) is 31.9 Å². The molecule has 3 aromatic rings. The second-order valence-corrected chi connectivity index (χ2v) is 5.40. The van der Waals surface area contributed by atoms with Crippen molar-refractivity contribution in [3.8, 4) is 0 Å². The zero-order chi connectivity index (χ0) is 16.6. The third-order valence-electron chi connectivity index (χ3n) is 3.55.